The van der Waals surface area contributed by atoms with E-state index in [-0.39, 0.29) is 11.6 Å². The second kappa shape index (κ2) is 7.38. The molecule has 1 N–H and O–H groups in total. The van der Waals surface area contributed by atoms with Crippen molar-refractivity contribution in [2.75, 3.05) is 32.8 Å². The third-order valence-corrected chi connectivity index (χ3v) is 4.43. The highest BCUT2D eigenvalue weighted by Gasteiger charge is 2.16. The fraction of sp³-hybridized carbons (Fsp3) is 0.400. The largest absolute Gasteiger partial charge is 0.378 e. The van der Waals surface area contributed by atoms with Gasteiger partial charge < -0.3 is 15.0 Å². The van der Waals surface area contributed by atoms with Gasteiger partial charge in [0.1, 0.15) is 5.69 Å². The molecule has 122 valence electrons. The zero-order chi connectivity index (χ0) is 16.1. The van der Waals surface area contributed by atoms with E-state index in [4.69, 9.17) is 4.74 Å². The highest BCUT2D eigenvalue weighted by atomic mass is 32.1. The van der Waals surface area contributed by atoms with Crippen LogP contribution in [0.25, 0.3) is 10.6 Å². The van der Waals surface area contributed by atoms with Crippen molar-refractivity contribution in [1.29, 1.82) is 0 Å². The molecule has 0 aromatic carbocycles. The van der Waals surface area contributed by atoms with Crippen LogP contribution >= 0.6 is 11.3 Å². The van der Waals surface area contributed by atoms with E-state index < -0.39 is 0 Å². The number of rotatable bonds is 4. The van der Waals surface area contributed by atoms with Crippen LogP contribution in [0.4, 0.5) is 4.79 Å². The number of hydrogen-bond donors (Lipinski definition) is 1. The summed E-state index contributed by atoms with van der Waals surface area (Å²) in [6.07, 6.45) is 0. The predicted molar refractivity (Wildman–Crippen MR) is 87.6 cm³/mol. The van der Waals surface area contributed by atoms with Crippen LogP contribution in [0.15, 0.2) is 34.4 Å². The number of aromatic nitrogens is 2. The van der Waals surface area contributed by atoms with E-state index in [9.17, 15) is 9.59 Å². The molecule has 0 saturated carbocycles. The SMILES string of the molecule is O=C(NCCn1nc(-c2cccs2)ccc1=O)N1CCOCC1. The zero-order valence-corrected chi connectivity index (χ0v) is 13.4. The first-order chi connectivity index (χ1) is 11.2. The van der Waals surface area contributed by atoms with Crippen molar-refractivity contribution in [2.24, 2.45) is 0 Å². The van der Waals surface area contributed by atoms with Crippen molar-refractivity contribution in [3.63, 3.8) is 0 Å². The Morgan fingerprint density at radius 1 is 1.30 bits per heavy atom. The summed E-state index contributed by atoms with van der Waals surface area (Å²) in [4.78, 5) is 26.6. The van der Waals surface area contributed by atoms with Crippen LogP contribution in [0.1, 0.15) is 0 Å². The Kier molecular flexibility index (Phi) is 5.04. The minimum Gasteiger partial charge on any atom is -0.378 e. The maximum absolute atomic E-state index is 12.0. The number of carbonyl (C=O) groups is 1. The molecule has 23 heavy (non-hydrogen) atoms. The predicted octanol–water partition coefficient (Wildman–Crippen LogP) is 1.01. The number of hydrogen-bond acceptors (Lipinski definition) is 5. The molecule has 1 fully saturated rings. The smallest absolute Gasteiger partial charge is 0.317 e. The molecule has 0 radical (unpaired) electrons. The maximum atomic E-state index is 12.0. The van der Waals surface area contributed by atoms with Gasteiger partial charge in [-0.15, -0.1) is 11.3 Å². The minimum absolute atomic E-state index is 0.129. The van der Waals surface area contributed by atoms with Crippen molar-refractivity contribution >= 4 is 17.4 Å². The molecule has 2 aromatic heterocycles. The Hall–Kier alpha value is -2.19. The Morgan fingerprint density at radius 2 is 2.13 bits per heavy atom. The van der Waals surface area contributed by atoms with Gasteiger partial charge in [-0.2, -0.15) is 5.10 Å². The number of nitrogens with one attached hydrogen (secondary N) is 1. The van der Waals surface area contributed by atoms with Gasteiger partial charge in [-0.3, -0.25) is 4.79 Å². The molecule has 0 bridgehead atoms. The van der Waals surface area contributed by atoms with Gasteiger partial charge in [-0.05, 0) is 17.5 Å². The lowest BCUT2D eigenvalue weighted by Gasteiger charge is -2.26. The van der Waals surface area contributed by atoms with Gasteiger partial charge in [-0.25, -0.2) is 9.48 Å². The molecule has 1 saturated heterocycles. The van der Waals surface area contributed by atoms with Gasteiger partial charge in [0.25, 0.3) is 5.56 Å². The molecular formula is C15H18N4O3S. The van der Waals surface area contributed by atoms with Crippen LogP contribution in [0.3, 0.4) is 0 Å². The Morgan fingerprint density at radius 3 is 2.87 bits per heavy atom. The quantitative estimate of drug-likeness (QED) is 0.905. The van der Waals surface area contributed by atoms with Crippen molar-refractivity contribution in [2.45, 2.75) is 6.54 Å². The number of morpholine rings is 1. The van der Waals surface area contributed by atoms with Gasteiger partial charge in [0.15, 0.2) is 0 Å². The van der Waals surface area contributed by atoms with Crippen molar-refractivity contribution < 1.29 is 9.53 Å². The molecule has 3 heterocycles. The van der Waals surface area contributed by atoms with Gasteiger partial charge in [0.2, 0.25) is 0 Å². The van der Waals surface area contributed by atoms with Crippen LogP contribution < -0.4 is 10.9 Å². The highest BCUT2D eigenvalue weighted by Crippen LogP contribution is 2.20. The van der Waals surface area contributed by atoms with Crippen molar-refractivity contribution in [3.05, 3.63) is 40.0 Å². The third kappa shape index (κ3) is 3.96. The normalized spacial score (nSPS) is 14.7. The molecule has 2 aromatic rings. The lowest BCUT2D eigenvalue weighted by atomic mass is 10.3. The first-order valence-corrected chi connectivity index (χ1v) is 8.34. The lowest BCUT2D eigenvalue weighted by molar-refractivity contribution is 0.0532. The van der Waals surface area contributed by atoms with E-state index >= 15 is 0 Å². The third-order valence-electron chi connectivity index (χ3n) is 3.54. The monoisotopic (exact) mass is 334 g/mol. The standard InChI is InChI=1S/C15H18N4O3S/c20-14-4-3-12(13-2-1-11-23-13)17-19(14)6-5-16-15(21)18-7-9-22-10-8-18/h1-4,11H,5-10H2,(H,16,21). The summed E-state index contributed by atoms with van der Waals surface area (Å²) >= 11 is 1.57. The number of urea groups is 1. The fourth-order valence-corrected chi connectivity index (χ4v) is 3.00. The number of amides is 2. The molecule has 8 heteroatoms. The van der Waals surface area contributed by atoms with E-state index in [0.29, 0.717) is 39.4 Å². The topological polar surface area (TPSA) is 76.5 Å². The molecular weight excluding hydrogens is 316 g/mol. The average molecular weight is 334 g/mol. The number of carbonyl (C=O) groups excluding carboxylic acids is 1. The summed E-state index contributed by atoms with van der Waals surface area (Å²) in [6, 6.07) is 7.00. The maximum Gasteiger partial charge on any atom is 0.317 e. The molecule has 0 aliphatic carbocycles. The summed E-state index contributed by atoms with van der Waals surface area (Å²) in [5.41, 5.74) is 0.588. The average Bonchev–Trinajstić information content (AvgIpc) is 3.12. The summed E-state index contributed by atoms with van der Waals surface area (Å²) in [7, 11) is 0. The molecule has 0 unspecified atom stereocenters. The number of nitrogens with zero attached hydrogens (tertiary/aromatic N) is 3. The molecule has 2 amide bonds. The van der Waals surface area contributed by atoms with Gasteiger partial charge >= 0.3 is 6.03 Å². The fourth-order valence-electron chi connectivity index (χ4n) is 2.31. The number of thiophene rings is 1. The Balaban J connectivity index is 1.58. The summed E-state index contributed by atoms with van der Waals surface area (Å²) < 4.78 is 6.60. The molecule has 3 rings (SSSR count). The van der Waals surface area contributed by atoms with Gasteiger partial charge in [0, 0.05) is 25.7 Å². The van der Waals surface area contributed by atoms with Crippen LogP contribution in [0.5, 0.6) is 0 Å². The summed E-state index contributed by atoms with van der Waals surface area (Å²) in [5.74, 6) is 0. The van der Waals surface area contributed by atoms with E-state index in [1.165, 1.54) is 10.7 Å². The number of ether oxygens (including phenoxy) is 1. The second-order valence-corrected chi connectivity index (χ2v) is 6.04. The van der Waals surface area contributed by atoms with E-state index in [2.05, 4.69) is 10.4 Å². The molecule has 1 aliphatic rings. The summed E-state index contributed by atoms with van der Waals surface area (Å²) in [6.45, 7) is 3.02. The molecule has 7 nitrogen and oxygen atoms in total. The molecule has 1 aliphatic heterocycles. The first kappa shape index (κ1) is 15.7. The van der Waals surface area contributed by atoms with Gasteiger partial charge in [0.05, 0.1) is 24.6 Å². The Labute approximate surface area is 137 Å². The first-order valence-electron chi connectivity index (χ1n) is 7.46. The highest BCUT2D eigenvalue weighted by molar-refractivity contribution is 7.13. The lowest BCUT2D eigenvalue weighted by Crippen LogP contribution is -2.47. The van der Waals surface area contributed by atoms with E-state index in [1.807, 2.05) is 17.5 Å². The minimum atomic E-state index is -0.175. The van der Waals surface area contributed by atoms with E-state index in [1.54, 1.807) is 22.3 Å². The van der Waals surface area contributed by atoms with Crippen LogP contribution in [0, 0.1) is 0 Å². The van der Waals surface area contributed by atoms with E-state index in [0.717, 1.165) is 10.6 Å². The Bertz CT molecular complexity index is 708. The summed E-state index contributed by atoms with van der Waals surface area (Å²) in [5, 5.41) is 9.14. The molecule has 0 atom stereocenters. The van der Waals surface area contributed by atoms with Crippen molar-refractivity contribution in [3.8, 4) is 10.6 Å². The zero-order valence-electron chi connectivity index (χ0n) is 12.6. The van der Waals surface area contributed by atoms with Crippen LogP contribution in [-0.4, -0.2) is 53.6 Å². The molecule has 0 spiro atoms. The van der Waals surface area contributed by atoms with Crippen LogP contribution in [0.2, 0.25) is 0 Å². The van der Waals surface area contributed by atoms with Gasteiger partial charge in [-0.1, -0.05) is 6.07 Å². The van der Waals surface area contributed by atoms with Crippen LogP contribution in [-0.2, 0) is 11.3 Å². The van der Waals surface area contributed by atoms with Crippen molar-refractivity contribution in [1.82, 2.24) is 20.0 Å². The second-order valence-electron chi connectivity index (χ2n) is 5.09.